The van der Waals surface area contributed by atoms with E-state index in [1.807, 2.05) is 29.2 Å². The average molecular weight is 429 g/mol. The van der Waals surface area contributed by atoms with Crippen molar-refractivity contribution in [2.75, 3.05) is 13.1 Å². The minimum absolute atomic E-state index is 0.356. The zero-order valence-electron chi connectivity index (χ0n) is 17.3. The fraction of sp³-hybridized carbons (Fsp3) is 0.458. The molecule has 1 fully saturated rings. The molecular formula is C24H26F3N3O. The number of rotatable bonds is 3. The van der Waals surface area contributed by atoms with E-state index in [0.717, 1.165) is 48.4 Å². The first-order chi connectivity index (χ1) is 15.0. The van der Waals surface area contributed by atoms with Crippen LogP contribution in [0.5, 0.6) is 0 Å². The fourth-order valence-corrected chi connectivity index (χ4v) is 5.51. The summed E-state index contributed by atoms with van der Waals surface area (Å²) in [5.74, 6) is -2.74. The molecule has 0 aromatic heterocycles. The molecule has 2 N–H and O–H groups in total. The number of hydrogen-bond donors (Lipinski definition) is 1. The molecule has 4 nitrogen and oxygen atoms in total. The van der Waals surface area contributed by atoms with Crippen molar-refractivity contribution >= 4 is 5.84 Å². The summed E-state index contributed by atoms with van der Waals surface area (Å²) < 4.78 is 42.0. The van der Waals surface area contributed by atoms with Crippen LogP contribution in [-0.4, -0.2) is 29.4 Å². The maximum atomic E-state index is 14.2. The van der Waals surface area contributed by atoms with Crippen LogP contribution in [0.25, 0.3) is 0 Å². The van der Waals surface area contributed by atoms with Gasteiger partial charge in [-0.3, -0.25) is 0 Å². The second-order valence-corrected chi connectivity index (χ2v) is 8.87. The van der Waals surface area contributed by atoms with E-state index in [-0.39, 0.29) is 0 Å². The lowest BCUT2D eigenvalue weighted by atomic mass is 9.82. The fourth-order valence-electron chi connectivity index (χ4n) is 5.51. The molecule has 0 amide bonds. The van der Waals surface area contributed by atoms with Gasteiger partial charge in [0, 0.05) is 19.0 Å². The van der Waals surface area contributed by atoms with E-state index in [1.165, 1.54) is 12.8 Å². The molecule has 31 heavy (non-hydrogen) atoms. The Balaban J connectivity index is 1.54. The third-order valence-corrected chi connectivity index (χ3v) is 7.17. The Hall–Kier alpha value is -2.54. The number of nitrogens with zero attached hydrogens (tertiary/aromatic N) is 2. The van der Waals surface area contributed by atoms with Gasteiger partial charge in [0.15, 0.2) is 23.1 Å². The molecule has 2 aromatic carbocycles. The minimum Gasteiger partial charge on any atom is -0.386 e. The molecule has 1 saturated carbocycles. The number of halogens is 3. The van der Waals surface area contributed by atoms with Crippen molar-refractivity contribution in [3.05, 3.63) is 70.5 Å². The first kappa shape index (κ1) is 20.4. The summed E-state index contributed by atoms with van der Waals surface area (Å²) in [5.41, 5.74) is 8.04. The van der Waals surface area contributed by atoms with Crippen LogP contribution in [-0.2, 0) is 11.3 Å². The van der Waals surface area contributed by atoms with Crippen LogP contribution in [0.1, 0.15) is 54.8 Å². The van der Waals surface area contributed by atoms with Gasteiger partial charge >= 0.3 is 0 Å². The molecule has 0 spiro atoms. The van der Waals surface area contributed by atoms with E-state index in [1.54, 1.807) is 0 Å². The zero-order valence-corrected chi connectivity index (χ0v) is 17.3. The highest BCUT2D eigenvalue weighted by Gasteiger charge is 2.48. The van der Waals surface area contributed by atoms with Gasteiger partial charge in [-0.25, -0.2) is 13.2 Å². The van der Waals surface area contributed by atoms with E-state index < -0.39 is 29.1 Å². The van der Waals surface area contributed by atoms with Crippen molar-refractivity contribution in [3.63, 3.8) is 0 Å². The number of fused-ring (bicyclic) bond motifs is 1. The molecule has 0 radical (unpaired) electrons. The number of amidine groups is 1. The largest absolute Gasteiger partial charge is 0.386 e. The van der Waals surface area contributed by atoms with Crippen molar-refractivity contribution in [1.82, 2.24) is 4.90 Å². The Kier molecular flexibility index (Phi) is 5.16. The van der Waals surface area contributed by atoms with Crippen molar-refractivity contribution in [2.24, 2.45) is 16.8 Å². The summed E-state index contributed by atoms with van der Waals surface area (Å²) in [4.78, 5) is 8.03. The number of oxime groups is 1. The maximum Gasteiger partial charge on any atom is 0.194 e. The van der Waals surface area contributed by atoms with E-state index in [4.69, 9.17) is 10.6 Å². The predicted octanol–water partition coefficient (Wildman–Crippen LogP) is 4.67. The molecule has 5 rings (SSSR count). The second-order valence-electron chi connectivity index (χ2n) is 8.87. The SMILES string of the molecule is NC[C@@]1(C2CCCC2)CC(N2CCc3ccccc3[C@@H]2c2cc(F)c(F)c(F)c2)=NO1. The van der Waals surface area contributed by atoms with Crippen molar-refractivity contribution in [2.45, 2.75) is 50.2 Å². The molecule has 7 heteroatoms. The Morgan fingerprint density at radius 2 is 1.81 bits per heavy atom. The minimum atomic E-state index is -1.45. The van der Waals surface area contributed by atoms with Crippen LogP contribution >= 0.6 is 0 Å². The third kappa shape index (κ3) is 3.39. The summed E-state index contributed by atoms with van der Waals surface area (Å²) >= 11 is 0. The van der Waals surface area contributed by atoms with Gasteiger partial charge in [0.1, 0.15) is 5.84 Å². The summed E-state index contributed by atoms with van der Waals surface area (Å²) in [6.07, 6.45) is 5.81. The van der Waals surface area contributed by atoms with Gasteiger partial charge in [0.25, 0.3) is 0 Å². The lowest BCUT2D eigenvalue weighted by molar-refractivity contribution is -0.0548. The van der Waals surface area contributed by atoms with Crippen molar-refractivity contribution < 1.29 is 18.0 Å². The normalized spacial score (nSPS) is 26.0. The van der Waals surface area contributed by atoms with Gasteiger partial charge in [0.2, 0.25) is 0 Å². The van der Waals surface area contributed by atoms with Crippen LogP contribution in [0.2, 0.25) is 0 Å². The molecule has 2 aliphatic heterocycles. The van der Waals surface area contributed by atoms with E-state index in [2.05, 4.69) is 5.16 Å². The monoisotopic (exact) mass is 429 g/mol. The third-order valence-electron chi connectivity index (χ3n) is 7.17. The van der Waals surface area contributed by atoms with E-state index in [0.29, 0.717) is 31.0 Å². The first-order valence-electron chi connectivity index (χ1n) is 11.0. The molecule has 164 valence electrons. The quantitative estimate of drug-likeness (QED) is 0.722. The highest BCUT2D eigenvalue weighted by Crippen LogP contribution is 2.44. The van der Waals surface area contributed by atoms with Crippen LogP contribution < -0.4 is 5.73 Å². The second kappa shape index (κ2) is 7.86. The summed E-state index contributed by atoms with van der Waals surface area (Å²) in [7, 11) is 0. The zero-order chi connectivity index (χ0) is 21.6. The van der Waals surface area contributed by atoms with E-state index in [9.17, 15) is 13.2 Å². The molecule has 0 saturated heterocycles. The highest BCUT2D eigenvalue weighted by atomic mass is 19.2. The molecule has 2 atom stereocenters. The Morgan fingerprint density at radius 3 is 2.52 bits per heavy atom. The highest BCUT2D eigenvalue weighted by molar-refractivity contribution is 5.85. The van der Waals surface area contributed by atoms with Crippen molar-refractivity contribution in [1.29, 1.82) is 0 Å². The summed E-state index contributed by atoms with van der Waals surface area (Å²) in [5, 5.41) is 4.44. The van der Waals surface area contributed by atoms with E-state index >= 15 is 0 Å². The molecule has 3 aliphatic rings. The average Bonchev–Trinajstić information content (AvgIpc) is 3.47. The van der Waals surface area contributed by atoms with Crippen LogP contribution in [0.3, 0.4) is 0 Å². The maximum absolute atomic E-state index is 14.2. The Morgan fingerprint density at radius 1 is 1.10 bits per heavy atom. The number of nitrogens with two attached hydrogens (primary N) is 1. The Bertz CT molecular complexity index is 998. The molecular weight excluding hydrogens is 403 g/mol. The molecule has 1 aliphatic carbocycles. The lowest BCUT2D eigenvalue weighted by Gasteiger charge is -2.39. The van der Waals surface area contributed by atoms with Crippen molar-refractivity contribution in [3.8, 4) is 0 Å². The Labute approximate surface area is 179 Å². The number of benzene rings is 2. The smallest absolute Gasteiger partial charge is 0.194 e. The van der Waals surface area contributed by atoms with Crippen LogP contribution in [0.15, 0.2) is 41.6 Å². The predicted molar refractivity (Wildman–Crippen MR) is 112 cm³/mol. The molecule has 0 unspecified atom stereocenters. The van der Waals surface area contributed by atoms with Crippen LogP contribution in [0.4, 0.5) is 13.2 Å². The first-order valence-corrected chi connectivity index (χ1v) is 11.0. The summed E-state index contributed by atoms with van der Waals surface area (Å²) in [6.45, 7) is 0.995. The standard InChI is InChI=1S/C24H26F3N3O/c25-19-11-16(12-20(26)22(19)27)23-18-8-4-1-5-15(18)9-10-30(23)21-13-24(14-28,31-29-21)17-6-2-3-7-17/h1,4-5,8,11-12,17,23H,2-3,6-7,9-10,13-14,28H2/t23-,24+/m0/s1. The number of hydrogen-bond acceptors (Lipinski definition) is 4. The molecule has 2 heterocycles. The topological polar surface area (TPSA) is 50.8 Å². The van der Waals surface area contributed by atoms with Gasteiger partial charge in [0.05, 0.1) is 12.5 Å². The van der Waals surface area contributed by atoms with Gasteiger partial charge in [-0.2, -0.15) is 0 Å². The van der Waals surface area contributed by atoms with Crippen LogP contribution in [0, 0.1) is 23.4 Å². The van der Waals surface area contributed by atoms with Gasteiger partial charge < -0.3 is 15.5 Å². The molecule has 2 aromatic rings. The lowest BCUT2D eigenvalue weighted by Crippen LogP contribution is -2.47. The van der Waals surface area contributed by atoms with Gasteiger partial charge in [-0.15, -0.1) is 0 Å². The van der Waals surface area contributed by atoms with Gasteiger partial charge in [-0.1, -0.05) is 42.3 Å². The van der Waals surface area contributed by atoms with Gasteiger partial charge in [-0.05, 0) is 48.1 Å². The summed E-state index contributed by atoms with van der Waals surface area (Å²) in [6, 6.07) is 9.52. The molecule has 0 bridgehead atoms.